The molecule has 16 heavy (non-hydrogen) atoms. The van der Waals surface area contributed by atoms with E-state index in [4.69, 9.17) is 0 Å². The van der Waals surface area contributed by atoms with Crippen molar-refractivity contribution < 1.29 is 14.0 Å². The van der Waals surface area contributed by atoms with E-state index >= 15 is 0 Å². The summed E-state index contributed by atoms with van der Waals surface area (Å²) in [5.41, 5.74) is -0.0371. The van der Waals surface area contributed by atoms with E-state index in [2.05, 4.69) is 0 Å². The lowest BCUT2D eigenvalue weighted by Gasteiger charge is -2.14. The van der Waals surface area contributed by atoms with Crippen LogP contribution in [0, 0.1) is 11.7 Å². The Bertz CT molecular complexity index is 444. The summed E-state index contributed by atoms with van der Waals surface area (Å²) in [6.07, 6.45) is 0.361. The molecule has 1 heterocycles. The number of hydrogen-bond acceptors (Lipinski definition) is 2. The highest BCUT2D eigenvalue weighted by atomic mass is 19.1. The summed E-state index contributed by atoms with van der Waals surface area (Å²) in [5, 5.41) is 0. The zero-order valence-corrected chi connectivity index (χ0v) is 8.94. The highest BCUT2D eigenvalue weighted by Gasteiger charge is 2.32. The number of rotatable bonds is 1. The van der Waals surface area contributed by atoms with Crippen LogP contribution >= 0.6 is 0 Å². The van der Waals surface area contributed by atoms with Crippen molar-refractivity contribution in [1.29, 1.82) is 0 Å². The predicted molar refractivity (Wildman–Crippen MR) is 56.2 cm³/mol. The molecule has 1 aromatic rings. The maximum absolute atomic E-state index is 13.4. The van der Waals surface area contributed by atoms with Crippen LogP contribution in [0.25, 0.3) is 0 Å². The van der Waals surface area contributed by atoms with Gasteiger partial charge in [-0.05, 0) is 18.1 Å². The Hall–Kier alpha value is -1.71. The molecule has 1 saturated heterocycles. The summed E-state index contributed by atoms with van der Waals surface area (Å²) in [6.45, 7) is 2.28. The van der Waals surface area contributed by atoms with Crippen LogP contribution in [-0.2, 0) is 4.79 Å². The summed E-state index contributed by atoms with van der Waals surface area (Å²) < 4.78 is 13.4. The molecule has 1 aromatic carbocycles. The van der Waals surface area contributed by atoms with Gasteiger partial charge in [-0.15, -0.1) is 0 Å². The van der Waals surface area contributed by atoms with Gasteiger partial charge in [-0.1, -0.05) is 19.1 Å². The minimum absolute atomic E-state index is 0.0371. The summed E-state index contributed by atoms with van der Waals surface area (Å²) in [4.78, 5) is 24.5. The van der Waals surface area contributed by atoms with E-state index in [9.17, 15) is 14.0 Å². The summed E-state index contributed by atoms with van der Waals surface area (Å²) in [7, 11) is 0. The van der Waals surface area contributed by atoms with Crippen LogP contribution in [0.15, 0.2) is 24.3 Å². The summed E-state index contributed by atoms with van der Waals surface area (Å²) in [6, 6.07) is 5.71. The molecule has 84 valence electrons. The van der Waals surface area contributed by atoms with Gasteiger partial charge in [-0.2, -0.15) is 0 Å². The molecule has 0 saturated carbocycles. The van der Waals surface area contributed by atoms with Gasteiger partial charge in [0, 0.05) is 13.0 Å². The molecule has 1 fully saturated rings. The van der Waals surface area contributed by atoms with E-state index < -0.39 is 11.7 Å². The number of carbonyl (C=O) groups excluding carboxylic acids is 2. The lowest BCUT2D eigenvalue weighted by atomic mass is 10.1. The van der Waals surface area contributed by atoms with Crippen LogP contribution in [0.5, 0.6) is 0 Å². The van der Waals surface area contributed by atoms with E-state index in [1.54, 1.807) is 6.07 Å². The molecule has 0 aliphatic carbocycles. The van der Waals surface area contributed by atoms with Gasteiger partial charge >= 0.3 is 0 Å². The van der Waals surface area contributed by atoms with Crippen molar-refractivity contribution in [2.45, 2.75) is 13.3 Å². The molecule has 1 aliphatic rings. The Balaban J connectivity index is 2.27. The van der Waals surface area contributed by atoms with Gasteiger partial charge < -0.3 is 0 Å². The lowest BCUT2D eigenvalue weighted by molar-refractivity contribution is -0.125. The topological polar surface area (TPSA) is 37.4 Å². The fraction of sp³-hybridized carbons (Fsp3) is 0.333. The quantitative estimate of drug-likeness (QED) is 0.678. The first-order chi connectivity index (χ1) is 7.59. The van der Waals surface area contributed by atoms with E-state index in [1.165, 1.54) is 18.2 Å². The van der Waals surface area contributed by atoms with Crippen molar-refractivity contribution in [1.82, 2.24) is 4.90 Å². The number of imide groups is 1. The molecule has 4 heteroatoms. The van der Waals surface area contributed by atoms with Crippen LogP contribution < -0.4 is 0 Å². The second kappa shape index (κ2) is 4.04. The number of nitrogens with zero attached hydrogens (tertiary/aromatic N) is 1. The molecule has 0 radical (unpaired) electrons. The maximum Gasteiger partial charge on any atom is 0.263 e. The Labute approximate surface area is 92.9 Å². The van der Waals surface area contributed by atoms with Crippen molar-refractivity contribution in [3.8, 4) is 0 Å². The summed E-state index contributed by atoms with van der Waals surface area (Å²) >= 11 is 0. The zero-order valence-electron chi connectivity index (χ0n) is 8.94. The highest BCUT2D eigenvalue weighted by molar-refractivity contribution is 6.05. The second-order valence-corrected chi connectivity index (χ2v) is 4.10. The molecule has 2 amide bonds. The van der Waals surface area contributed by atoms with Gasteiger partial charge in [0.05, 0.1) is 5.56 Å². The molecule has 1 atom stereocenters. The highest BCUT2D eigenvalue weighted by Crippen LogP contribution is 2.20. The predicted octanol–water partition coefficient (Wildman–Crippen LogP) is 1.83. The van der Waals surface area contributed by atoms with Crippen LogP contribution in [-0.4, -0.2) is 23.3 Å². The number of likely N-dealkylation sites (tertiary alicyclic amines) is 1. The monoisotopic (exact) mass is 221 g/mol. The Morgan fingerprint density at radius 3 is 2.69 bits per heavy atom. The van der Waals surface area contributed by atoms with Gasteiger partial charge in [-0.3, -0.25) is 14.5 Å². The standard InChI is InChI=1S/C12H12FNO2/c1-8-6-11(15)14(7-8)12(16)9-4-2-3-5-10(9)13/h2-5,8H,6-7H2,1H3. The third kappa shape index (κ3) is 1.83. The van der Waals surface area contributed by atoms with Gasteiger partial charge in [-0.25, -0.2) is 4.39 Å². The van der Waals surface area contributed by atoms with Crippen LogP contribution in [0.2, 0.25) is 0 Å². The largest absolute Gasteiger partial charge is 0.278 e. The normalized spacial score (nSPS) is 20.2. The molecule has 0 bridgehead atoms. The number of carbonyl (C=O) groups is 2. The van der Waals surface area contributed by atoms with Gasteiger partial charge in [0.15, 0.2) is 0 Å². The number of halogens is 1. The number of amides is 2. The van der Waals surface area contributed by atoms with Gasteiger partial charge in [0.1, 0.15) is 5.82 Å². The Morgan fingerprint density at radius 1 is 1.44 bits per heavy atom. The van der Waals surface area contributed by atoms with Crippen molar-refractivity contribution in [2.75, 3.05) is 6.54 Å². The Kier molecular flexibility index (Phi) is 2.73. The molecule has 2 rings (SSSR count). The molecular weight excluding hydrogens is 209 g/mol. The van der Waals surface area contributed by atoms with Gasteiger partial charge in [0.2, 0.25) is 5.91 Å². The van der Waals surface area contributed by atoms with Crippen molar-refractivity contribution in [3.63, 3.8) is 0 Å². The SMILES string of the molecule is CC1CC(=O)N(C(=O)c2ccccc2F)C1. The zero-order chi connectivity index (χ0) is 11.7. The van der Waals surface area contributed by atoms with Crippen molar-refractivity contribution >= 4 is 11.8 Å². The average Bonchev–Trinajstić information content (AvgIpc) is 2.58. The first kappa shape index (κ1) is 10.8. The van der Waals surface area contributed by atoms with E-state index in [0.29, 0.717) is 13.0 Å². The van der Waals surface area contributed by atoms with E-state index in [1.807, 2.05) is 6.92 Å². The molecule has 1 unspecified atom stereocenters. The van der Waals surface area contributed by atoms with Crippen LogP contribution in [0.1, 0.15) is 23.7 Å². The smallest absolute Gasteiger partial charge is 0.263 e. The minimum Gasteiger partial charge on any atom is -0.278 e. The van der Waals surface area contributed by atoms with Crippen molar-refractivity contribution in [3.05, 3.63) is 35.6 Å². The van der Waals surface area contributed by atoms with E-state index in [0.717, 1.165) is 4.90 Å². The number of hydrogen-bond donors (Lipinski definition) is 0. The fourth-order valence-corrected chi connectivity index (χ4v) is 1.86. The minimum atomic E-state index is -0.583. The molecule has 0 spiro atoms. The fourth-order valence-electron chi connectivity index (χ4n) is 1.86. The molecule has 3 nitrogen and oxygen atoms in total. The molecule has 0 aromatic heterocycles. The Morgan fingerprint density at radius 2 is 2.12 bits per heavy atom. The number of benzene rings is 1. The first-order valence-corrected chi connectivity index (χ1v) is 5.19. The van der Waals surface area contributed by atoms with E-state index in [-0.39, 0.29) is 17.4 Å². The third-order valence-corrected chi connectivity index (χ3v) is 2.67. The average molecular weight is 221 g/mol. The lowest BCUT2D eigenvalue weighted by Crippen LogP contribution is -2.32. The van der Waals surface area contributed by atoms with Gasteiger partial charge in [0.25, 0.3) is 5.91 Å². The van der Waals surface area contributed by atoms with Crippen molar-refractivity contribution in [2.24, 2.45) is 5.92 Å². The molecule has 0 N–H and O–H groups in total. The third-order valence-electron chi connectivity index (χ3n) is 2.67. The maximum atomic E-state index is 13.4. The van der Waals surface area contributed by atoms with Crippen LogP contribution in [0.3, 0.4) is 0 Å². The molecule has 1 aliphatic heterocycles. The molecular formula is C12H12FNO2. The van der Waals surface area contributed by atoms with Crippen LogP contribution in [0.4, 0.5) is 4.39 Å². The summed E-state index contributed by atoms with van der Waals surface area (Å²) in [5.74, 6) is -1.18. The second-order valence-electron chi connectivity index (χ2n) is 4.10. The first-order valence-electron chi connectivity index (χ1n) is 5.19.